The molecule has 2 rings (SSSR count). The molecule has 0 aromatic carbocycles. The maximum absolute atomic E-state index is 12.5. The molecule has 3 amide bonds. The van der Waals surface area contributed by atoms with Gasteiger partial charge in [0.25, 0.3) is 0 Å². The van der Waals surface area contributed by atoms with Crippen LogP contribution in [0.1, 0.15) is 57.8 Å². The van der Waals surface area contributed by atoms with Crippen molar-refractivity contribution in [1.82, 2.24) is 10.2 Å². The Kier molecular flexibility index (Phi) is 5.78. The quantitative estimate of drug-likeness (QED) is 0.828. The summed E-state index contributed by atoms with van der Waals surface area (Å²) in [6.45, 7) is 1.11. The minimum Gasteiger partial charge on any atom is -0.351 e. The Morgan fingerprint density at radius 3 is 2.55 bits per heavy atom. The van der Waals surface area contributed by atoms with Crippen LogP contribution in [0.25, 0.3) is 0 Å². The Hall–Kier alpha value is -1.61. The smallest absolute Gasteiger partial charge is 0.322 e. The van der Waals surface area contributed by atoms with Crippen LogP contribution in [0, 0.1) is 17.2 Å². The number of urea groups is 1. The average molecular weight is 306 g/mol. The SMILES string of the molecule is N#CC1(N(C(N)=O)C(=O)CCC2CCCCC2)CCCNC1. The third-order valence-corrected chi connectivity index (χ3v) is 4.96. The van der Waals surface area contributed by atoms with Crippen LogP contribution in [0.3, 0.4) is 0 Å². The summed E-state index contributed by atoms with van der Waals surface area (Å²) in [6.07, 6.45) is 8.40. The van der Waals surface area contributed by atoms with E-state index in [9.17, 15) is 14.9 Å². The number of nitrogens with zero attached hydrogens (tertiary/aromatic N) is 2. The molecule has 1 atom stereocenters. The molecule has 6 heteroatoms. The lowest BCUT2D eigenvalue weighted by atomic mass is 9.85. The van der Waals surface area contributed by atoms with Gasteiger partial charge in [0.2, 0.25) is 5.91 Å². The molecule has 1 saturated carbocycles. The van der Waals surface area contributed by atoms with Gasteiger partial charge in [-0.1, -0.05) is 32.1 Å². The molecule has 1 aliphatic heterocycles. The summed E-state index contributed by atoms with van der Waals surface area (Å²) in [5.74, 6) is 0.262. The fraction of sp³-hybridized carbons (Fsp3) is 0.812. The Morgan fingerprint density at radius 2 is 2.00 bits per heavy atom. The summed E-state index contributed by atoms with van der Waals surface area (Å²) in [5.41, 5.74) is 4.31. The second-order valence-corrected chi connectivity index (χ2v) is 6.53. The lowest BCUT2D eigenvalue weighted by molar-refractivity contribution is -0.132. The van der Waals surface area contributed by atoms with Crippen molar-refractivity contribution < 1.29 is 9.59 Å². The first-order chi connectivity index (χ1) is 10.6. The van der Waals surface area contributed by atoms with Crippen molar-refractivity contribution in [1.29, 1.82) is 5.26 Å². The van der Waals surface area contributed by atoms with Crippen LogP contribution < -0.4 is 11.1 Å². The maximum Gasteiger partial charge on any atom is 0.322 e. The summed E-state index contributed by atoms with van der Waals surface area (Å²) >= 11 is 0. The van der Waals surface area contributed by atoms with Crippen LogP contribution in [0.4, 0.5) is 4.79 Å². The number of hydrogen-bond donors (Lipinski definition) is 2. The predicted octanol–water partition coefficient (Wildman–Crippen LogP) is 1.90. The van der Waals surface area contributed by atoms with Gasteiger partial charge >= 0.3 is 6.03 Å². The maximum atomic E-state index is 12.5. The highest BCUT2D eigenvalue weighted by Gasteiger charge is 2.44. The first-order valence-corrected chi connectivity index (χ1v) is 8.33. The molecule has 122 valence electrons. The number of nitrogens with two attached hydrogens (primary N) is 1. The molecule has 1 aliphatic carbocycles. The molecule has 0 spiro atoms. The van der Waals surface area contributed by atoms with E-state index in [1.54, 1.807) is 0 Å². The van der Waals surface area contributed by atoms with E-state index in [-0.39, 0.29) is 5.91 Å². The van der Waals surface area contributed by atoms with Gasteiger partial charge in [0.05, 0.1) is 6.07 Å². The van der Waals surface area contributed by atoms with Crippen molar-refractivity contribution in [2.75, 3.05) is 13.1 Å². The molecule has 0 aromatic heterocycles. The van der Waals surface area contributed by atoms with E-state index >= 15 is 0 Å². The zero-order valence-corrected chi connectivity index (χ0v) is 13.1. The number of imide groups is 1. The summed E-state index contributed by atoms with van der Waals surface area (Å²) in [6, 6.07) is 1.35. The normalized spacial score (nSPS) is 26.1. The molecule has 3 N–H and O–H groups in total. The highest BCUT2D eigenvalue weighted by Crippen LogP contribution is 2.29. The fourth-order valence-corrected chi connectivity index (χ4v) is 3.71. The summed E-state index contributed by atoms with van der Waals surface area (Å²) in [7, 11) is 0. The molecule has 2 fully saturated rings. The average Bonchev–Trinajstić information content (AvgIpc) is 2.54. The van der Waals surface area contributed by atoms with E-state index in [1.807, 2.05) is 0 Å². The predicted molar refractivity (Wildman–Crippen MR) is 82.7 cm³/mol. The highest BCUT2D eigenvalue weighted by molar-refractivity contribution is 5.95. The molecule has 2 aliphatic rings. The van der Waals surface area contributed by atoms with Crippen molar-refractivity contribution in [2.45, 2.75) is 63.3 Å². The molecule has 1 heterocycles. The fourth-order valence-electron chi connectivity index (χ4n) is 3.71. The highest BCUT2D eigenvalue weighted by atomic mass is 16.2. The molecular formula is C16H26N4O2. The van der Waals surface area contributed by atoms with E-state index < -0.39 is 11.6 Å². The van der Waals surface area contributed by atoms with E-state index in [4.69, 9.17) is 5.73 Å². The number of primary amides is 1. The van der Waals surface area contributed by atoms with Crippen molar-refractivity contribution in [3.8, 4) is 6.07 Å². The van der Waals surface area contributed by atoms with Crippen LogP contribution in [0.5, 0.6) is 0 Å². The largest absolute Gasteiger partial charge is 0.351 e. The molecule has 1 saturated heterocycles. The van der Waals surface area contributed by atoms with Gasteiger partial charge in [-0.2, -0.15) is 5.26 Å². The molecule has 6 nitrogen and oxygen atoms in total. The Bertz CT molecular complexity index is 446. The number of nitrogens with one attached hydrogen (secondary N) is 1. The molecular weight excluding hydrogens is 280 g/mol. The Labute approximate surface area is 132 Å². The van der Waals surface area contributed by atoms with Crippen LogP contribution in [-0.2, 0) is 4.79 Å². The Balaban J connectivity index is 2.01. The second kappa shape index (κ2) is 7.59. The molecule has 22 heavy (non-hydrogen) atoms. The van der Waals surface area contributed by atoms with Gasteiger partial charge in [-0.05, 0) is 31.7 Å². The number of nitriles is 1. The van der Waals surface area contributed by atoms with Gasteiger partial charge in [-0.15, -0.1) is 0 Å². The van der Waals surface area contributed by atoms with E-state index in [2.05, 4.69) is 11.4 Å². The molecule has 0 bridgehead atoms. The molecule has 1 unspecified atom stereocenters. The second-order valence-electron chi connectivity index (χ2n) is 6.53. The Morgan fingerprint density at radius 1 is 1.27 bits per heavy atom. The molecule has 0 radical (unpaired) electrons. The first kappa shape index (κ1) is 16.8. The summed E-state index contributed by atoms with van der Waals surface area (Å²) in [4.78, 5) is 25.4. The van der Waals surface area contributed by atoms with Crippen LogP contribution >= 0.6 is 0 Å². The zero-order chi connectivity index (χ0) is 16.0. The van der Waals surface area contributed by atoms with Crippen molar-refractivity contribution >= 4 is 11.9 Å². The number of carbonyl (C=O) groups excluding carboxylic acids is 2. The van der Waals surface area contributed by atoms with Gasteiger partial charge in [0, 0.05) is 13.0 Å². The minimum atomic E-state index is -1.12. The van der Waals surface area contributed by atoms with Gasteiger partial charge in [0.15, 0.2) is 5.54 Å². The standard InChI is InChI=1S/C16H26N4O2/c17-11-16(9-4-10-19-12-16)20(15(18)22)14(21)8-7-13-5-2-1-3-6-13/h13,19H,1-10,12H2,(H2,18,22). The third kappa shape index (κ3) is 3.77. The zero-order valence-electron chi connectivity index (χ0n) is 13.1. The van der Waals surface area contributed by atoms with Crippen molar-refractivity contribution in [3.63, 3.8) is 0 Å². The third-order valence-electron chi connectivity index (χ3n) is 4.96. The number of rotatable bonds is 4. The lowest BCUT2D eigenvalue weighted by Crippen LogP contribution is -2.62. The van der Waals surface area contributed by atoms with Crippen molar-refractivity contribution in [2.24, 2.45) is 11.7 Å². The number of piperidine rings is 1. The van der Waals surface area contributed by atoms with Crippen LogP contribution in [0.2, 0.25) is 0 Å². The topological polar surface area (TPSA) is 99.2 Å². The summed E-state index contributed by atoms with van der Waals surface area (Å²) < 4.78 is 0. The van der Waals surface area contributed by atoms with Gasteiger partial charge in [-0.3, -0.25) is 4.79 Å². The first-order valence-electron chi connectivity index (χ1n) is 8.33. The van der Waals surface area contributed by atoms with Gasteiger partial charge < -0.3 is 11.1 Å². The monoisotopic (exact) mass is 306 g/mol. The minimum absolute atomic E-state index is 0.302. The van der Waals surface area contributed by atoms with Crippen LogP contribution in [-0.4, -0.2) is 35.5 Å². The van der Waals surface area contributed by atoms with Crippen LogP contribution in [0.15, 0.2) is 0 Å². The van der Waals surface area contributed by atoms with Gasteiger partial charge in [0.1, 0.15) is 0 Å². The number of carbonyl (C=O) groups is 2. The molecule has 0 aromatic rings. The van der Waals surface area contributed by atoms with E-state index in [1.165, 1.54) is 19.3 Å². The van der Waals surface area contributed by atoms with Gasteiger partial charge in [-0.25, -0.2) is 9.69 Å². The lowest BCUT2D eigenvalue weighted by Gasteiger charge is -2.39. The summed E-state index contributed by atoms with van der Waals surface area (Å²) in [5, 5.41) is 12.6. The number of hydrogen-bond acceptors (Lipinski definition) is 4. The van der Waals surface area contributed by atoms with E-state index in [0.717, 1.165) is 37.1 Å². The van der Waals surface area contributed by atoms with E-state index in [0.29, 0.717) is 25.3 Å². The number of amides is 3. The van der Waals surface area contributed by atoms with Crippen molar-refractivity contribution in [3.05, 3.63) is 0 Å².